The third-order valence-electron chi connectivity index (χ3n) is 2.90. The maximum atomic E-state index is 4.36. The van der Waals surface area contributed by atoms with Gasteiger partial charge in [-0.15, -0.1) is 0 Å². The van der Waals surface area contributed by atoms with Crippen molar-refractivity contribution in [3.8, 4) is 0 Å². The molecule has 0 saturated heterocycles. The van der Waals surface area contributed by atoms with Gasteiger partial charge in [0.25, 0.3) is 0 Å². The molecule has 0 aliphatic rings. The monoisotopic (exact) mass is 227 g/mol. The van der Waals surface area contributed by atoms with E-state index in [4.69, 9.17) is 0 Å². The molecule has 0 bridgehead atoms. The summed E-state index contributed by atoms with van der Waals surface area (Å²) >= 11 is 0. The molecule has 0 heterocycles. The van der Waals surface area contributed by atoms with E-state index < -0.39 is 0 Å². The van der Waals surface area contributed by atoms with Gasteiger partial charge in [-0.1, -0.05) is 43.3 Å². The van der Waals surface area contributed by atoms with Gasteiger partial charge < -0.3 is 0 Å². The topological polar surface area (TPSA) is 12.4 Å². The molecule has 1 rings (SSSR count). The van der Waals surface area contributed by atoms with Crippen LogP contribution in [0.25, 0.3) is 0 Å². The molecule has 0 aliphatic carbocycles. The van der Waals surface area contributed by atoms with Crippen LogP contribution in [0.1, 0.15) is 32.8 Å². The molecule has 0 fully saturated rings. The Morgan fingerprint density at radius 3 is 2.35 bits per heavy atom. The molecule has 0 radical (unpaired) electrons. The van der Waals surface area contributed by atoms with Gasteiger partial charge in [0.1, 0.15) is 0 Å². The van der Waals surface area contributed by atoms with E-state index in [-0.39, 0.29) is 0 Å². The first-order valence-electron chi connectivity index (χ1n) is 6.09. The van der Waals surface area contributed by atoms with Crippen molar-refractivity contribution in [3.63, 3.8) is 0 Å². The lowest BCUT2D eigenvalue weighted by molar-refractivity contribution is 1.10. The normalized spacial score (nSPS) is 14.0. The minimum atomic E-state index is 1.04. The summed E-state index contributed by atoms with van der Waals surface area (Å²) in [5.41, 5.74) is 4.87. The lowest BCUT2D eigenvalue weighted by Gasteiger charge is -2.06. The third-order valence-corrected chi connectivity index (χ3v) is 2.90. The van der Waals surface area contributed by atoms with E-state index in [1.54, 1.807) is 0 Å². The quantitative estimate of drug-likeness (QED) is 0.533. The molecular formula is C16H21N. The Balaban J connectivity index is 3.04. The molecule has 1 nitrogen and oxygen atoms in total. The van der Waals surface area contributed by atoms with Crippen molar-refractivity contribution >= 4 is 5.71 Å². The van der Waals surface area contributed by atoms with Crippen molar-refractivity contribution in [2.24, 2.45) is 4.99 Å². The highest BCUT2D eigenvalue weighted by molar-refractivity contribution is 6.09. The molecule has 0 aromatic heterocycles. The van der Waals surface area contributed by atoms with E-state index in [0.29, 0.717) is 0 Å². The zero-order chi connectivity index (χ0) is 12.7. The van der Waals surface area contributed by atoms with Gasteiger partial charge >= 0.3 is 0 Å². The predicted molar refractivity (Wildman–Crippen MR) is 76.7 cm³/mol. The van der Waals surface area contributed by atoms with E-state index in [1.807, 2.05) is 25.2 Å². The zero-order valence-corrected chi connectivity index (χ0v) is 11.2. The fraction of sp³-hybridized carbons (Fsp3) is 0.312. The highest BCUT2D eigenvalue weighted by Crippen LogP contribution is 2.14. The third kappa shape index (κ3) is 3.70. The van der Waals surface area contributed by atoms with Crippen molar-refractivity contribution in [2.75, 3.05) is 7.05 Å². The average Bonchev–Trinajstić information content (AvgIpc) is 2.38. The number of rotatable bonds is 4. The van der Waals surface area contributed by atoms with Crippen molar-refractivity contribution in [3.05, 3.63) is 59.2 Å². The Labute approximate surface area is 105 Å². The fourth-order valence-electron chi connectivity index (χ4n) is 1.89. The molecule has 17 heavy (non-hydrogen) atoms. The van der Waals surface area contributed by atoms with Gasteiger partial charge in [0.05, 0.1) is 5.71 Å². The van der Waals surface area contributed by atoms with Crippen LogP contribution < -0.4 is 0 Å². The highest BCUT2D eigenvalue weighted by Gasteiger charge is 2.01. The number of aliphatic imine (C=N–C) groups is 1. The Morgan fingerprint density at radius 2 is 1.88 bits per heavy atom. The Hall–Kier alpha value is -1.63. The maximum absolute atomic E-state index is 4.36. The molecule has 90 valence electrons. The molecular weight excluding hydrogens is 206 g/mol. The standard InChI is InChI=1S/C16H21N/c1-5-14(6-2)13(3)12-16(17-4)15-10-8-7-9-11-15/h5,7-12H,6H2,1-4H3/b13-12-,14-5-,17-16?. The lowest BCUT2D eigenvalue weighted by atomic mass is 10.0. The number of hydrogen-bond donors (Lipinski definition) is 0. The zero-order valence-electron chi connectivity index (χ0n) is 11.2. The van der Waals surface area contributed by atoms with Crippen molar-refractivity contribution in [1.82, 2.24) is 0 Å². The number of allylic oxidation sites excluding steroid dienone is 4. The first-order chi connectivity index (χ1) is 8.22. The van der Waals surface area contributed by atoms with Crippen LogP contribution in [-0.4, -0.2) is 12.8 Å². The van der Waals surface area contributed by atoms with E-state index in [2.05, 4.69) is 50.0 Å². The Morgan fingerprint density at radius 1 is 1.24 bits per heavy atom. The summed E-state index contributed by atoms with van der Waals surface area (Å²) in [4.78, 5) is 4.36. The van der Waals surface area contributed by atoms with Crippen molar-refractivity contribution in [1.29, 1.82) is 0 Å². The molecule has 0 N–H and O–H groups in total. The molecule has 0 spiro atoms. The van der Waals surface area contributed by atoms with E-state index in [1.165, 1.54) is 16.7 Å². The molecule has 0 unspecified atom stereocenters. The summed E-state index contributed by atoms with van der Waals surface area (Å²) in [5.74, 6) is 0. The van der Waals surface area contributed by atoms with Crippen LogP contribution in [0.2, 0.25) is 0 Å². The van der Waals surface area contributed by atoms with Crippen LogP contribution in [0.4, 0.5) is 0 Å². The van der Waals surface area contributed by atoms with E-state index >= 15 is 0 Å². The van der Waals surface area contributed by atoms with Crippen LogP contribution in [0.3, 0.4) is 0 Å². The highest BCUT2D eigenvalue weighted by atomic mass is 14.7. The Kier molecular flexibility index (Phi) is 5.41. The predicted octanol–water partition coefficient (Wildman–Crippen LogP) is 4.41. The lowest BCUT2D eigenvalue weighted by Crippen LogP contribution is -1.98. The molecule has 1 heteroatoms. The SMILES string of the molecule is C/C=C(CC)\C(C)=C/C(=NC)c1ccccc1. The molecule has 1 aromatic carbocycles. The molecule has 0 amide bonds. The van der Waals surface area contributed by atoms with Gasteiger partial charge in [-0.25, -0.2) is 0 Å². The summed E-state index contributed by atoms with van der Waals surface area (Å²) < 4.78 is 0. The summed E-state index contributed by atoms with van der Waals surface area (Å²) in [7, 11) is 1.84. The van der Waals surface area contributed by atoms with Crippen LogP contribution >= 0.6 is 0 Å². The molecule has 0 saturated carbocycles. The van der Waals surface area contributed by atoms with E-state index in [0.717, 1.165) is 12.1 Å². The van der Waals surface area contributed by atoms with Gasteiger partial charge in [-0.2, -0.15) is 0 Å². The van der Waals surface area contributed by atoms with E-state index in [9.17, 15) is 0 Å². The van der Waals surface area contributed by atoms with Gasteiger partial charge in [0.2, 0.25) is 0 Å². The Bertz CT molecular complexity index is 436. The second-order valence-electron chi connectivity index (χ2n) is 3.97. The van der Waals surface area contributed by atoms with Crippen LogP contribution in [0.15, 0.2) is 58.6 Å². The largest absolute Gasteiger partial charge is 0.288 e. The van der Waals surface area contributed by atoms with Crippen molar-refractivity contribution < 1.29 is 0 Å². The van der Waals surface area contributed by atoms with Gasteiger partial charge in [0.15, 0.2) is 0 Å². The molecule has 0 aliphatic heterocycles. The molecule has 0 atom stereocenters. The first kappa shape index (κ1) is 13.4. The number of benzene rings is 1. The second-order valence-corrected chi connectivity index (χ2v) is 3.97. The number of nitrogens with zero attached hydrogens (tertiary/aromatic N) is 1. The number of hydrogen-bond acceptors (Lipinski definition) is 1. The van der Waals surface area contributed by atoms with Crippen molar-refractivity contribution in [2.45, 2.75) is 27.2 Å². The second kappa shape index (κ2) is 6.85. The smallest absolute Gasteiger partial charge is 0.0645 e. The maximum Gasteiger partial charge on any atom is 0.0645 e. The summed E-state index contributed by atoms with van der Waals surface area (Å²) in [6, 6.07) is 10.3. The van der Waals surface area contributed by atoms with Gasteiger partial charge in [0, 0.05) is 7.05 Å². The van der Waals surface area contributed by atoms with Crippen LogP contribution in [0, 0.1) is 0 Å². The summed E-state index contributed by atoms with van der Waals surface area (Å²) in [6.07, 6.45) is 5.39. The van der Waals surface area contributed by atoms with Crippen LogP contribution in [0.5, 0.6) is 0 Å². The van der Waals surface area contributed by atoms with Gasteiger partial charge in [-0.05, 0) is 43.1 Å². The summed E-state index contributed by atoms with van der Waals surface area (Å²) in [5, 5.41) is 0. The van der Waals surface area contributed by atoms with Crippen LogP contribution in [-0.2, 0) is 0 Å². The molecule has 1 aromatic rings. The van der Waals surface area contributed by atoms with Gasteiger partial charge in [-0.3, -0.25) is 4.99 Å². The average molecular weight is 227 g/mol. The fourth-order valence-corrected chi connectivity index (χ4v) is 1.89. The summed E-state index contributed by atoms with van der Waals surface area (Å²) in [6.45, 7) is 6.41. The minimum Gasteiger partial charge on any atom is -0.288 e. The minimum absolute atomic E-state index is 1.04. The first-order valence-corrected chi connectivity index (χ1v) is 6.09.